The Labute approximate surface area is 90.3 Å². The van der Waals surface area contributed by atoms with Crippen LogP contribution in [0.5, 0.6) is 0 Å². The molecule has 0 aliphatic heterocycles. The van der Waals surface area contributed by atoms with E-state index in [1.807, 2.05) is 27.0 Å². The second-order valence-electron chi connectivity index (χ2n) is 4.46. The topological polar surface area (TPSA) is 77.0 Å². The molecule has 0 bridgehead atoms. The Balaban J connectivity index is 2.64. The average Bonchev–Trinajstić information content (AvgIpc) is 2.52. The first kappa shape index (κ1) is 12.1. The predicted molar refractivity (Wildman–Crippen MR) is 58.2 cm³/mol. The van der Waals surface area contributed by atoms with Crippen molar-refractivity contribution >= 4 is 0 Å². The second kappa shape index (κ2) is 4.72. The Kier molecular flexibility index (Phi) is 3.82. The molecule has 3 N–H and O–H groups in total. The average molecular weight is 212 g/mol. The number of rotatable bonds is 5. The van der Waals surface area contributed by atoms with Crippen molar-refractivity contribution in [2.45, 2.75) is 39.3 Å². The summed E-state index contributed by atoms with van der Waals surface area (Å²) >= 11 is 0. The summed E-state index contributed by atoms with van der Waals surface area (Å²) in [5, 5.41) is 18.0. The quantitative estimate of drug-likeness (QED) is 0.730. The van der Waals surface area contributed by atoms with Gasteiger partial charge in [0.15, 0.2) is 0 Å². The van der Waals surface area contributed by atoms with E-state index in [2.05, 4.69) is 10.3 Å². The fourth-order valence-corrected chi connectivity index (χ4v) is 1.19. The van der Waals surface area contributed by atoms with Crippen molar-refractivity contribution in [3.63, 3.8) is 0 Å². The molecule has 5 heteroatoms. The summed E-state index contributed by atoms with van der Waals surface area (Å²) in [4.78, 5) is 0. The third-order valence-electron chi connectivity index (χ3n) is 2.71. The van der Waals surface area contributed by atoms with Crippen molar-refractivity contribution < 1.29 is 5.11 Å². The van der Waals surface area contributed by atoms with E-state index in [0.29, 0.717) is 13.1 Å². The van der Waals surface area contributed by atoms with E-state index in [4.69, 9.17) is 5.73 Å². The van der Waals surface area contributed by atoms with E-state index >= 15 is 0 Å². The van der Waals surface area contributed by atoms with Crippen molar-refractivity contribution in [2.24, 2.45) is 11.7 Å². The van der Waals surface area contributed by atoms with Gasteiger partial charge >= 0.3 is 0 Å². The summed E-state index contributed by atoms with van der Waals surface area (Å²) in [6.45, 7) is 6.80. The molecule has 1 aromatic rings. The summed E-state index contributed by atoms with van der Waals surface area (Å²) < 4.78 is 1.67. The van der Waals surface area contributed by atoms with Gasteiger partial charge in [0, 0.05) is 12.6 Å². The third kappa shape index (κ3) is 3.28. The molecule has 0 aliphatic carbocycles. The van der Waals surface area contributed by atoms with Gasteiger partial charge in [-0.05, 0) is 19.4 Å². The molecule has 1 unspecified atom stereocenters. The summed E-state index contributed by atoms with van der Waals surface area (Å²) in [6, 6.07) is 0. The molecule has 0 spiro atoms. The van der Waals surface area contributed by atoms with Crippen LogP contribution in [-0.4, -0.2) is 32.2 Å². The van der Waals surface area contributed by atoms with Crippen LogP contribution in [-0.2, 0) is 13.0 Å². The Morgan fingerprint density at radius 1 is 1.60 bits per heavy atom. The van der Waals surface area contributed by atoms with Gasteiger partial charge in [-0.15, -0.1) is 5.10 Å². The molecule has 0 radical (unpaired) electrons. The first-order chi connectivity index (χ1) is 6.95. The third-order valence-corrected chi connectivity index (χ3v) is 2.71. The fraction of sp³-hybridized carbons (Fsp3) is 0.800. The molecule has 0 amide bonds. The van der Waals surface area contributed by atoms with Gasteiger partial charge in [0.1, 0.15) is 0 Å². The predicted octanol–water partition coefficient (Wildman–Crippen LogP) is 0.186. The van der Waals surface area contributed by atoms with E-state index in [0.717, 1.165) is 12.1 Å². The maximum atomic E-state index is 10.1. The van der Waals surface area contributed by atoms with E-state index < -0.39 is 5.60 Å². The maximum absolute atomic E-state index is 10.1. The first-order valence-electron chi connectivity index (χ1n) is 5.27. The van der Waals surface area contributed by atoms with Crippen molar-refractivity contribution in [1.82, 2.24) is 15.0 Å². The lowest BCUT2D eigenvalue weighted by atomic mass is 9.93. The van der Waals surface area contributed by atoms with Crippen molar-refractivity contribution in [3.05, 3.63) is 11.9 Å². The lowest BCUT2D eigenvalue weighted by Crippen LogP contribution is -2.36. The lowest BCUT2D eigenvalue weighted by Gasteiger charge is -2.26. The molecular weight excluding hydrogens is 192 g/mol. The van der Waals surface area contributed by atoms with Crippen LogP contribution in [0.2, 0.25) is 0 Å². The van der Waals surface area contributed by atoms with E-state index in [1.54, 1.807) is 4.68 Å². The molecule has 0 saturated carbocycles. The molecular formula is C10H20N4O. The van der Waals surface area contributed by atoms with Gasteiger partial charge in [0.2, 0.25) is 0 Å². The minimum absolute atomic E-state index is 0.180. The molecule has 0 aliphatic rings. The van der Waals surface area contributed by atoms with E-state index in [-0.39, 0.29) is 5.92 Å². The molecule has 5 nitrogen and oxygen atoms in total. The first-order valence-corrected chi connectivity index (χ1v) is 5.27. The summed E-state index contributed by atoms with van der Waals surface area (Å²) in [5.41, 5.74) is 5.53. The molecule has 0 aromatic carbocycles. The van der Waals surface area contributed by atoms with Gasteiger partial charge in [-0.25, -0.2) is 4.68 Å². The van der Waals surface area contributed by atoms with Gasteiger partial charge in [0.05, 0.1) is 17.8 Å². The SMILES string of the molecule is CC(C)C(C)(O)Cn1cc(CCN)nn1. The molecule has 0 fully saturated rings. The Hall–Kier alpha value is -0.940. The van der Waals surface area contributed by atoms with Gasteiger partial charge in [-0.2, -0.15) is 0 Å². The molecule has 1 rings (SSSR count). The number of aliphatic hydroxyl groups is 1. The van der Waals surface area contributed by atoms with Crippen LogP contribution < -0.4 is 5.73 Å². The van der Waals surface area contributed by atoms with Crippen molar-refractivity contribution in [3.8, 4) is 0 Å². The van der Waals surface area contributed by atoms with Crippen LogP contribution in [0.25, 0.3) is 0 Å². The Morgan fingerprint density at radius 2 is 2.27 bits per heavy atom. The van der Waals surface area contributed by atoms with Gasteiger partial charge < -0.3 is 10.8 Å². The van der Waals surface area contributed by atoms with Crippen LogP contribution in [0.4, 0.5) is 0 Å². The number of hydrogen-bond acceptors (Lipinski definition) is 4. The molecule has 1 atom stereocenters. The highest BCUT2D eigenvalue weighted by Crippen LogP contribution is 2.17. The monoisotopic (exact) mass is 212 g/mol. The van der Waals surface area contributed by atoms with Crippen LogP contribution in [0.15, 0.2) is 6.20 Å². The van der Waals surface area contributed by atoms with Crippen LogP contribution in [0, 0.1) is 5.92 Å². The van der Waals surface area contributed by atoms with E-state index in [1.165, 1.54) is 0 Å². The van der Waals surface area contributed by atoms with Crippen molar-refractivity contribution in [2.75, 3.05) is 6.54 Å². The van der Waals surface area contributed by atoms with Gasteiger partial charge in [0.25, 0.3) is 0 Å². The number of nitrogens with zero attached hydrogens (tertiary/aromatic N) is 3. The van der Waals surface area contributed by atoms with Gasteiger partial charge in [-0.1, -0.05) is 19.1 Å². The minimum Gasteiger partial charge on any atom is -0.388 e. The standard InChI is InChI=1S/C10H20N4O/c1-8(2)10(3,15)7-14-6-9(4-5-11)12-13-14/h6,8,15H,4-5,7,11H2,1-3H3. The summed E-state index contributed by atoms with van der Waals surface area (Å²) in [7, 11) is 0. The molecule has 15 heavy (non-hydrogen) atoms. The minimum atomic E-state index is -0.756. The normalized spacial score (nSPS) is 15.6. The Bertz CT molecular complexity index is 306. The van der Waals surface area contributed by atoms with Crippen molar-refractivity contribution in [1.29, 1.82) is 0 Å². The van der Waals surface area contributed by atoms with Crippen LogP contribution >= 0.6 is 0 Å². The summed E-state index contributed by atoms with van der Waals surface area (Å²) in [5.74, 6) is 0.180. The van der Waals surface area contributed by atoms with Crippen LogP contribution in [0.1, 0.15) is 26.5 Å². The second-order valence-corrected chi connectivity index (χ2v) is 4.46. The molecule has 1 aromatic heterocycles. The number of nitrogens with two attached hydrogens (primary N) is 1. The highest BCUT2D eigenvalue weighted by Gasteiger charge is 2.25. The summed E-state index contributed by atoms with van der Waals surface area (Å²) in [6.07, 6.45) is 2.56. The highest BCUT2D eigenvalue weighted by molar-refractivity contribution is 4.93. The molecule has 0 saturated heterocycles. The maximum Gasteiger partial charge on any atom is 0.0839 e. The molecule has 1 heterocycles. The highest BCUT2D eigenvalue weighted by atomic mass is 16.3. The van der Waals surface area contributed by atoms with Gasteiger partial charge in [-0.3, -0.25) is 0 Å². The van der Waals surface area contributed by atoms with E-state index in [9.17, 15) is 5.11 Å². The number of aromatic nitrogens is 3. The zero-order valence-electron chi connectivity index (χ0n) is 9.64. The number of hydrogen-bond donors (Lipinski definition) is 2. The Morgan fingerprint density at radius 3 is 2.80 bits per heavy atom. The fourth-order valence-electron chi connectivity index (χ4n) is 1.19. The molecule has 86 valence electrons. The zero-order valence-corrected chi connectivity index (χ0v) is 9.64. The lowest BCUT2D eigenvalue weighted by molar-refractivity contribution is -0.00611. The smallest absolute Gasteiger partial charge is 0.0839 e. The largest absolute Gasteiger partial charge is 0.388 e. The zero-order chi connectivity index (χ0) is 11.5. The van der Waals surface area contributed by atoms with Crippen LogP contribution in [0.3, 0.4) is 0 Å².